The summed E-state index contributed by atoms with van der Waals surface area (Å²) in [5.74, 6) is 0.514. The van der Waals surface area contributed by atoms with E-state index in [2.05, 4.69) is 25.2 Å². The van der Waals surface area contributed by atoms with Crippen molar-refractivity contribution in [2.24, 2.45) is 4.99 Å². The SMILES string of the molecule is CCNc1cc2oc3cc(=NCCCC(=O)OCC)c4ccccc4c-3nc2cc1C.Cl. The Morgan fingerprint density at radius 3 is 2.69 bits per heavy atom. The summed E-state index contributed by atoms with van der Waals surface area (Å²) in [4.78, 5) is 21.2. The number of nitrogens with one attached hydrogen (secondary N) is 1. The molecular formula is C25H28ClN3O3. The predicted octanol–water partition coefficient (Wildman–Crippen LogP) is 5.49. The molecule has 6 nitrogen and oxygen atoms in total. The number of carbonyl (C=O) groups is 1. The fourth-order valence-corrected chi connectivity index (χ4v) is 3.76. The van der Waals surface area contributed by atoms with Crippen LogP contribution >= 0.6 is 12.4 Å². The second-order valence-corrected chi connectivity index (χ2v) is 7.46. The van der Waals surface area contributed by atoms with Gasteiger partial charge in [-0.3, -0.25) is 9.79 Å². The van der Waals surface area contributed by atoms with Gasteiger partial charge < -0.3 is 14.5 Å². The molecule has 0 saturated heterocycles. The van der Waals surface area contributed by atoms with E-state index in [0.29, 0.717) is 31.8 Å². The Morgan fingerprint density at radius 1 is 1.16 bits per heavy atom. The second kappa shape index (κ2) is 10.5. The molecule has 0 aromatic heterocycles. The van der Waals surface area contributed by atoms with E-state index in [1.54, 1.807) is 0 Å². The van der Waals surface area contributed by atoms with Gasteiger partial charge in [0, 0.05) is 48.1 Å². The first-order chi connectivity index (χ1) is 15.1. The molecule has 2 aliphatic rings. The molecular weight excluding hydrogens is 426 g/mol. The summed E-state index contributed by atoms with van der Waals surface area (Å²) in [6.45, 7) is 7.74. The van der Waals surface area contributed by atoms with Gasteiger partial charge in [0.25, 0.3) is 0 Å². The summed E-state index contributed by atoms with van der Waals surface area (Å²) in [6, 6.07) is 14.1. The Labute approximate surface area is 193 Å². The number of nitrogens with zero attached hydrogens (tertiary/aromatic N) is 2. The summed E-state index contributed by atoms with van der Waals surface area (Å²) >= 11 is 0. The third-order valence-corrected chi connectivity index (χ3v) is 5.21. The van der Waals surface area contributed by atoms with Crippen molar-refractivity contribution in [1.29, 1.82) is 0 Å². The molecule has 0 amide bonds. The first kappa shape index (κ1) is 23.5. The average molecular weight is 454 g/mol. The first-order valence-electron chi connectivity index (χ1n) is 10.8. The van der Waals surface area contributed by atoms with Crippen molar-refractivity contribution in [3.05, 3.63) is 53.4 Å². The molecule has 0 radical (unpaired) electrons. The van der Waals surface area contributed by atoms with E-state index in [4.69, 9.17) is 19.1 Å². The second-order valence-electron chi connectivity index (χ2n) is 7.46. The van der Waals surface area contributed by atoms with Crippen molar-refractivity contribution < 1.29 is 13.9 Å². The van der Waals surface area contributed by atoms with Crippen molar-refractivity contribution in [1.82, 2.24) is 4.98 Å². The summed E-state index contributed by atoms with van der Waals surface area (Å²) in [7, 11) is 0. The number of ether oxygens (including phenoxy) is 1. The Kier molecular flexibility index (Phi) is 7.70. The van der Waals surface area contributed by atoms with Crippen LogP contribution in [-0.4, -0.2) is 30.6 Å². The van der Waals surface area contributed by atoms with Crippen LogP contribution in [0.15, 0.2) is 51.9 Å². The van der Waals surface area contributed by atoms with Gasteiger partial charge in [-0.2, -0.15) is 0 Å². The van der Waals surface area contributed by atoms with E-state index in [-0.39, 0.29) is 18.4 Å². The van der Waals surface area contributed by atoms with Gasteiger partial charge in [0.15, 0.2) is 11.3 Å². The van der Waals surface area contributed by atoms with Gasteiger partial charge in [0.1, 0.15) is 11.2 Å². The normalized spacial score (nSPS) is 11.7. The quantitative estimate of drug-likeness (QED) is 0.173. The van der Waals surface area contributed by atoms with Gasteiger partial charge in [0.2, 0.25) is 0 Å². The zero-order chi connectivity index (χ0) is 21.8. The molecule has 2 aromatic carbocycles. The van der Waals surface area contributed by atoms with E-state index in [1.165, 1.54) is 0 Å². The van der Waals surface area contributed by atoms with E-state index < -0.39 is 0 Å². The van der Waals surface area contributed by atoms with E-state index in [9.17, 15) is 4.79 Å². The van der Waals surface area contributed by atoms with Crippen molar-refractivity contribution in [2.45, 2.75) is 33.6 Å². The highest BCUT2D eigenvalue weighted by atomic mass is 35.5. The molecule has 0 bridgehead atoms. The Morgan fingerprint density at radius 2 is 1.94 bits per heavy atom. The number of anilines is 1. The topological polar surface area (TPSA) is 76.7 Å². The molecule has 0 saturated carbocycles. The first-order valence-corrected chi connectivity index (χ1v) is 10.8. The smallest absolute Gasteiger partial charge is 0.305 e. The molecule has 1 aliphatic heterocycles. The predicted molar refractivity (Wildman–Crippen MR) is 131 cm³/mol. The molecule has 0 unspecified atom stereocenters. The van der Waals surface area contributed by atoms with Crippen LogP contribution in [0, 0.1) is 6.92 Å². The van der Waals surface area contributed by atoms with Crippen LogP contribution in [0.3, 0.4) is 0 Å². The number of hydrogen-bond donors (Lipinski definition) is 1. The number of fused-ring (bicyclic) bond motifs is 4. The summed E-state index contributed by atoms with van der Waals surface area (Å²) in [6.07, 6.45) is 1.01. The van der Waals surface area contributed by atoms with Crippen molar-refractivity contribution in [3.63, 3.8) is 0 Å². The van der Waals surface area contributed by atoms with Crippen LogP contribution < -0.4 is 10.7 Å². The minimum absolute atomic E-state index is 0. The standard InChI is InChI=1S/C25H27N3O3.ClH/c1-4-26-19-14-22-21(13-16(19)3)28-25-18-10-7-6-9-17(18)20(15-23(25)31-22)27-12-8-11-24(29)30-5-2;/h6-7,9-10,13-15,26H,4-5,8,11-12H2,1-3H3;1H. The van der Waals surface area contributed by atoms with Gasteiger partial charge in [0.05, 0.1) is 12.0 Å². The third kappa shape index (κ3) is 4.86. The van der Waals surface area contributed by atoms with Crippen LogP contribution in [0.5, 0.6) is 0 Å². The molecule has 32 heavy (non-hydrogen) atoms. The summed E-state index contributed by atoms with van der Waals surface area (Å²) in [5, 5.41) is 6.23. The summed E-state index contributed by atoms with van der Waals surface area (Å²) < 4.78 is 11.3. The molecule has 2 aromatic rings. The number of aromatic nitrogens is 1. The number of carbonyl (C=O) groups excluding carboxylic acids is 1. The van der Waals surface area contributed by atoms with Crippen LogP contribution in [0.1, 0.15) is 32.3 Å². The highest BCUT2D eigenvalue weighted by Crippen LogP contribution is 2.32. The maximum absolute atomic E-state index is 11.6. The molecule has 1 aliphatic carbocycles. The lowest BCUT2D eigenvalue weighted by Crippen LogP contribution is -2.09. The monoisotopic (exact) mass is 453 g/mol. The molecule has 0 fully saturated rings. The molecule has 168 valence electrons. The average Bonchev–Trinajstić information content (AvgIpc) is 2.76. The Hall–Kier alpha value is -3.12. The molecule has 0 spiro atoms. The molecule has 1 N–H and O–H groups in total. The van der Waals surface area contributed by atoms with Crippen molar-refractivity contribution in [2.75, 3.05) is 25.0 Å². The van der Waals surface area contributed by atoms with Gasteiger partial charge in [-0.25, -0.2) is 4.98 Å². The number of rotatable bonds is 7. The fourth-order valence-electron chi connectivity index (χ4n) is 3.76. The number of halogens is 1. The zero-order valence-electron chi connectivity index (χ0n) is 18.6. The van der Waals surface area contributed by atoms with Crippen molar-refractivity contribution >= 4 is 45.9 Å². The molecule has 4 rings (SSSR count). The van der Waals surface area contributed by atoms with Crippen LogP contribution in [0.2, 0.25) is 0 Å². The van der Waals surface area contributed by atoms with E-state index >= 15 is 0 Å². The Bertz CT molecular complexity index is 1280. The van der Waals surface area contributed by atoms with Gasteiger partial charge in [-0.15, -0.1) is 12.4 Å². The van der Waals surface area contributed by atoms with Gasteiger partial charge >= 0.3 is 5.97 Å². The van der Waals surface area contributed by atoms with Crippen LogP contribution in [0.25, 0.3) is 33.3 Å². The number of aryl methyl sites for hydroxylation is 1. The third-order valence-electron chi connectivity index (χ3n) is 5.21. The summed E-state index contributed by atoms with van der Waals surface area (Å²) in [5.41, 5.74) is 4.57. The van der Waals surface area contributed by atoms with Gasteiger partial charge in [-0.05, 0) is 38.8 Å². The van der Waals surface area contributed by atoms with Crippen molar-refractivity contribution in [3.8, 4) is 11.5 Å². The van der Waals surface area contributed by atoms with E-state index in [0.717, 1.165) is 50.7 Å². The lowest BCUT2D eigenvalue weighted by molar-refractivity contribution is -0.143. The minimum Gasteiger partial charge on any atom is -0.466 e. The van der Waals surface area contributed by atoms with Gasteiger partial charge in [-0.1, -0.05) is 24.3 Å². The number of esters is 1. The lowest BCUT2D eigenvalue weighted by Gasteiger charge is -2.13. The highest BCUT2D eigenvalue weighted by Gasteiger charge is 2.15. The Balaban J connectivity index is 0.00000289. The fraction of sp³-hybridized carbons (Fsp3) is 0.320. The minimum atomic E-state index is -0.182. The maximum atomic E-state index is 11.6. The van der Waals surface area contributed by atoms with Crippen LogP contribution in [-0.2, 0) is 9.53 Å². The number of hydrogen-bond acceptors (Lipinski definition) is 6. The van der Waals surface area contributed by atoms with Crippen LogP contribution in [0.4, 0.5) is 5.69 Å². The molecule has 1 heterocycles. The zero-order valence-corrected chi connectivity index (χ0v) is 19.4. The molecule has 7 heteroatoms. The maximum Gasteiger partial charge on any atom is 0.305 e. The van der Waals surface area contributed by atoms with E-state index in [1.807, 2.05) is 43.3 Å². The highest BCUT2D eigenvalue weighted by molar-refractivity contribution is 5.96. The number of benzene rings is 3. The molecule has 0 atom stereocenters. The largest absolute Gasteiger partial charge is 0.466 e. The lowest BCUT2D eigenvalue weighted by atomic mass is 10.0.